The van der Waals surface area contributed by atoms with E-state index in [1.807, 2.05) is 0 Å². The van der Waals surface area contributed by atoms with Crippen molar-refractivity contribution in [1.82, 2.24) is 15.3 Å². The molecule has 3 aromatic rings. The first-order valence-electron chi connectivity index (χ1n) is 11.2. The monoisotopic (exact) mass is 518 g/mol. The molecule has 1 aromatic carbocycles. The van der Waals surface area contributed by atoms with Crippen molar-refractivity contribution in [2.75, 3.05) is 6.61 Å². The summed E-state index contributed by atoms with van der Waals surface area (Å²) in [5, 5.41) is 12.2. The van der Waals surface area contributed by atoms with Crippen LogP contribution in [0.25, 0.3) is 10.6 Å². The number of carbonyl (C=O) groups is 2. The van der Waals surface area contributed by atoms with Crippen molar-refractivity contribution >= 4 is 23.2 Å². The number of nitrogens with one attached hydrogen (secondary N) is 1. The zero-order chi connectivity index (χ0) is 25.8. The van der Waals surface area contributed by atoms with Crippen LogP contribution in [0.3, 0.4) is 0 Å². The van der Waals surface area contributed by atoms with Gasteiger partial charge in [-0.2, -0.15) is 8.78 Å². The molecule has 0 saturated heterocycles. The van der Waals surface area contributed by atoms with E-state index < -0.39 is 24.5 Å². The second-order valence-corrected chi connectivity index (χ2v) is 9.35. The number of hydrogen-bond acceptors (Lipinski definition) is 8. The molecule has 12 heteroatoms. The number of aromatic nitrogens is 2. The average Bonchev–Trinajstić information content (AvgIpc) is 3.56. The average molecular weight is 519 g/mol. The van der Waals surface area contributed by atoms with Gasteiger partial charge >= 0.3 is 12.6 Å². The first kappa shape index (κ1) is 25.5. The third kappa shape index (κ3) is 6.32. The number of amides is 1. The molecular formula is C24H24F2N4O5S. The molecule has 1 amide bonds. The third-order valence-corrected chi connectivity index (χ3v) is 6.62. The molecular weight excluding hydrogens is 494 g/mol. The Labute approximate surface area is 209 Å². The van der Waals surface area contributed by atoms with Crippen molar-refractivity contribution in [2.45, 2.75) is 39.0 Å². The quantitative estimate of drug-likeness (QED) is 0.343. The van der Waals surface area contributed by atoms with Gasteiger partial charge in [0.05, 0.1) is 23.7 Å². The minimum absolute atomic E-state index is 0.00990. The number of carboxylic acid groups (broad SMARTS) is 1. The summed E-state index contributed by atoms with van der Waals surface area (Å²) in [6.07, 6.45) is 2.06. The number of halogens is 2. The number of carboxylic acids is 1. The lowest BCUT2D eigenvalue weighted by Gasteiger charge is -2.13. The summed E-state index contributed by atoms with van der Waals surface area (Å²) in [4.78, 5) is 33.0. The molecule has 190 valence electrons. The van der Waals surface area contributed by atoms with E-state index in [1.54, 1.807) is 25.1 Å². The summed E-state index contributed by atoms with van der Waals surface area (Å²) in [6, 6.07) is 8.50. The van der Waals surface area contributed by atoms with Gasteiger partial charge in [-0.1, -0.05) is 6.07 Å². The Morgan fingerprint density at radius 3 is 2.67 bits per heavy atom. The number of thiazole rings is 1. The van der Waals surface area contributed by atoms with Gasteiger partial charge < -0.3 is 25.6 Å². The summed E-state index contributed by atoms with van der Waals surface area (Å²) < 4.78 is 36.0. The van der Waals surface area contributed by atoms with E-state index in [0.717, 1.165) is 12.8 Å². The Kier molecular flexibility index (Phi) is 7.75. The molecule has 1 atom stereocenters. The highest BCUT2D eigenvalue weighted by molar-refractivity contribution is 7.15. The number of rotatable bonds is 11. The molecule has 2 aromatic heterocycles. The van der Waals surface area contributed by atoms with Crippen molar-refractivity contribution < 1.29 is 33.0 Å². The summed E-state index contributed by atoms with van der Waals surface area (Å²) in [6.45, 7) is -0.888. The summed E-state index contributed by atoms with van der Waals surface area (Å²) in [5.74, 6) is -1.18. The number of carbonyl (C=O) groups excluding carboxylic acids is 1. The maximum absolute atomic E-state index is 12.9. The first-order valence-corrected chi connectivity index (χ1v) is 12.0. The molecule has 2 heterocycles. The zero-order valence-corrected chi connectivity index (χ0v) is 20.1. The predicted octanol–water partition coefficient (Wildman–Crippen LogP) is 4.24. The van der Waals surface area contributed by atoms with E-state index in [1.165, 1.54) is 29.5 Å². The van der Waals surface area contributed by atoms with Crippen LogP contribution in [0.1, 0.15) is 57.4 Å². The molecule has 9 nitrogen and oxygen atoms in total. The second kappa shape index (κ2) is 11.0. The summed E-state index contributed by atoms with van der Waals surface area (Å²) >= 11 is 1.21. The molecule has 4 N–H and O–H groups in total. The molecule has 1 aliphatic carbocycles. The molecule has 0 bridgehead atoms. The molecule has 0 unspecified atom stereocenters. The Morgan fingerprint density at radius 1 is 1.22 bits per heavy atom. The topological polar surface area (TPSA) is 137 Å². The minimum atomic E-state index is -3.00. The van der Waals surface area contributed by atoms with Gasteiger partial charge in [0.15, 0.2) is 11.5 Å². The molecule has 1 aliphatic rings. The number of pyridine rings is 1. The lowest BCUT2D eigenvalue weighted by Crippen LogP contribution is -2.25. The Bertz CT molecular complexity index is 1260. The van der Waals surface area contributed by atoms with Gasteiger partial charge in [0.1, 0.15) is 16.4 Å². The molecule has 0 aliphatic heterocycles. The fraction of sp³-hybridized carbons (Fsp3) is 0.333. The third-order valence-electron chi connectivity index (χ3n) is 5.32. The fourth-order valence-electron chi connectivity index (χ4n) is 3.32. The largest absolute Gasteiger partial charge is 0.489 e. The number of aromatic carboxylic acids is 1. The number of nitrogens with two attached hydrogens (primary N) is 1. The molecule has 1 saturated carbocycles. The SMILES string of the molecule is C[C@H](N)c1sc(-c2ccc(OC(F)F)c(OCC3CC3)c2)nc1C(=O)NCc1cccc(C(=O)O)n1. The Balaban J connectivity index is 1.57. The van der Waals surface area contributed by atoms with Crippen LogP contribution in [0.4, 0.5) is 8.78 Å². The van der Waals surface area contributed by atoms with Crippen LogP contribution in [0.15, 0.2) is 36.4 Å². The zero-order valence-electron chi connectivity index (χ0n) is 19.2. The van der Waals surface area contributed by atoms with E-state index in [4.69, 9.17) is 15.6 Å². The van der Waals surface area contributed by atoms with Crippen LogP contribution in [-0.2, 0) is 6.54 Å². The van der Waals surface area contributed by atoms with Gasteiger partial charge in [-0.3, -0.25) is 4.79 Å². The van der Waals surface area contributed by atoms with Crippen LogP contribution >= 0.6 is 11.3 Å². The normalized spacial score (nSPS) is 13.9. The summed E-state index contributed by atoms with van der Waals surface area (Å²) in [7, 11) is 0. The van der Waals surface area contributed by atoms with E-state index in [0.29, 0.717) is 33.7 Å². The Hall–Kier alpha value is -3.64. The van der Waals surface area contributed by atoms with E-state index in [2.05, 4.69) is 20.0 Å². The molecule has 1 fully saturated rings. The minimum Gasteiger partial charge on any atom is -0.489 e. The first-order chi connectivity index (χ1) is 17.2. The van der Waals surface area contributed by atoms with Crippen molar-refractivity contribution in [3.8, 4) is 22.1 Å². The van der Waals surface area contributed by atoms with Crippen molar-refractivity contribution in [3.63, 3.8) is 0 Å². The molecule has 0 spiro atoms. The van der Waals surface area contributed by atoms with Gasteiger partial charge in [0.2, 0.25) is 0 Å². The van der Waals surface area contributed by atoms with Gasteiger partial charge in [0.25, 0.3) is 5.91 Å². The van der Waals surface area contributed by atoms with Crippen LogP contribution in [0, 0.1) is 5.92 Å². The highest BCUT2D eigenvalue weighted by Gasteiger charge is 2.25. The van der Waals surface area contributed by atoms with Gasteiger partial charge in [-0.15, -0.1) is 11.3 Å². The van der Waals surface area contributed by atoms with Gasteiger partial charge in [-0.05, 0) is 56.0 Å². The highest BCUT2D eigenvalue weighted by Crippen LogP contribution is 2.38. The van der Waals surface area contributed by atoms with E-state index in [9.17, 15) is 18.4 Å². The highest BCUT2D eigenvalue weighted by atomic mass is 32.1. The molecule has 36 heavy (non-hydrogen) atoms. The molecule has 4 rings (SSSR count). The van der Waals surface area contributed by atoms with Gasteiger partial charge in [-0.25, -0.2) is 14.8 Å². The fourth-order valence-corrected chi connectivity index (χ4v) is 4.33. The second-order valence-electron chi connectivity index (χ2n) is 8.32. The van der Waals surface area contributed by atoms with E-state index >= 15 is 0 Å². The summed E-state index contributed by atoms with van der Waals surface area (Å²) in [5.41, 5.74) is 7.00. The van der Waals surface area contributed by atoms with Crippen molar-refractivity contribution in [3.05, 3.63) is 58.4 Å². The van der Waals surface area contributed by atoms with Crippen molar-refractivity contribution in [1.29, 1.82) is 0 Å². The number of nitrogens with zero attached hydrogens (tertiary/aromatic N) is 2. The number of alkyl halides is 2. The lowest BCUT2D eigenvalue weighted by molar-refractivity contribution is -0.0515. The number of hydrogen-bond donors (Lipinski definition) is 3. The maximum Gasteiger partial charge on any atom is 0.387 e. The van der Waals surface area contributed by atoms with Crippen LogP contribution in [-0.4, -0.2) is 40.2 Å². The van der Waals surface area contributed by atoms with E-state index in [-0.39, 0.29) is 29.4 Å². The van der Waals surface area contributed by atoms with Crippen LogP contribution < -0.4 is 20.5 Å². The van der Waals surface area contributed by atoms with Crippen LogP contribution in [0.2, 0.25) is 0 Å². The predicted molar refractivity (Wildman–Crippen MR) is 127 cm³/mol. The van der Waals surface area contributed by atoms with Crippen LogP contribution in [0.5, 0.6) is 11.5 Å². The van der Waals surface area contributed by atoms with Gasteiger partial charge in [0, 0.05) is 11.6 Å². The smallest absolute Gasteiger partial charge is 0.387 e. The number of ether oxygens (including phenoxy) is 2. The standard InChI is InChI=1S/C24H24F2N4O5S/c1-12(27)20-19(21(31)28-10-15-3-2-4-16(29-15)23(32)33)30-22(36-20)14-7-8-17(35-24(25)26)18(9-14)34-11-13-5-6-13/h2-4,7-9,12-13,24H,5-6,10-11,27H2,1H3,(H,28,31)(H,32,33)/t12-/m0/s1. The lowest BCUT2D eigenvalue weighted by atomic mass is 10.2. The maximum atomic E-state index is 12.9. The number of benzene rings is 1. The molecule has 0 radical (unpaired) electrons. The Morgan fingerprint density at radius 2 is 2.00 bits per heavy atom. The van der Waals surface area contributed by atoms with Crippen molar-refractivity contribution in [2.24, 2.45) is 11.7 Å².